The molecular weight excluding hydrogens is 353 g/mol. The maximum absolute atomic E-state index is 13.0. The maximum Gasteiger partial charge on any atom is 0.430 e. The Morgan fingerprint density at radius 3 is 2.26 bits per heavy atom. The molecule has 0 spiro atoms. The van der Waals surface area contributed by atoms with Crippen molar-refractivity contribution in [3.8, 4) is 0 Å². The van der Waals surface area contributed by atoms with Crippen LogP contribution in [0.3, 0.4) is 0 Å². The zero-order chi connectivity index (χ0) is 18.0. The van der Waals surface area contributed by atoms with Gasteiger partial charge in [-0.05, 0) is 12.1 Å². The van der Waals surface area contributed by atoms with Gasteiger partial charge >= 0.3 is 12.1 Å². The number of rotatable bonds is 4. The molecule has 23 heavy (non-hydrogen) atoms. The van der Waals surface area contributed by atoms with Gasteiger partial charge in [0.05, 0.1) is 7.11 Å². The minimum Gasteiger partial charge on any atom is -0.467 e. The molecule has 0 unspecified atom stereocenters. The number of carbonyl (C=O) groups excluding carboxylic acids is 2. The molecule has 1 aromatic rings. The summed E-state index contributed by atoms with van der Waals surface area (Å²) in [7, 11) is 0.551. The second-order valence-electron chi connectivity index (χ2n) is 4.24. The Balaban J connectivity index is 3.09. The fourth-order valence-corrected chi connectivity index (χ4v) is 1.76. The number of esters is 1. The number of hydrogen-bond donors (Lipinski definition) is 2. The van der Waals surface area contributed by atoms with Gasteiger partial charge in [0.2, 0.25) is 5.91 Å². The average molecular weight is 362 g/mol. The number of nitrogens with one attached hydrogen (secondary N) is 1. The fourth-order valence-electron chi connectivity index (χ4n) is 1.49. The first-order valence-electron chi connectivity index (χ1n) is 5.72. The molecule has 1 rings (SSSR count). The Kier molecular flexibility index (Phi) is 5.54. The normalized spacial score (nSPS) is 15.5. The van der Waals surface area contributed by atoms with Crippen LogP contribution in [0.2, 0.25) is 0 Å². The average Bonchev–Trinajstić information content (AvgIpc) is 2.47. The van der Waals surface area contributed by atoms with E-state index in [1.54, 1.807) is 5.32 Å². The highest BCUT2D eigenvalue weighted by Gasteiger charge is 2.67. The summed E-state index contributed by atoms with van der Waals surface area (Å²) in [4.78, 5) is 22.9. The molecule has 0 saturated heterocycles. The van der Waals surface area contributed by atoms with Crippen molar-refractivity contribution in [2.75, 3.05) is 12.4 Å². The van der Waals surface area contributed by atoms with Gasteiger partial charge in [-0.1, -0.05) is 0 Å². The zero-order valence-corrected chi connectivity index (χ0v) is 12.0. The monoisotopic (exact) mass is 361 g/mol. The van der Waals surface area contributed by atoms with Crippen LogP contribution in [0.5, 0.6) is 0 Å². The summed E-state index contributed by atoms with van der Waals surface area (Å²) < 4.78 is 68.2. The van der Waals surface area contributed by atoms with Crippen molar-refractivity contribution in [1.82, 2.24) is 0 Å². The lowest BCUT2D eigenvalue weighted by Gasteiger charge is -2.30. The number of methoxy groups -OCH3 is 1. The summed E-state index contributed by atoms with van der Waals surface area (Å²) in [5.74, 6) is -6.52. The first-order chi connectivity index (χ1) is 10.4. The Morgan fingerprint density at radius 1 is 1.26 bits per heavy atom. The molecule has 0 aromatic heterocycles. The summed E-state index contributed by atoms with van der Waals surface area (Å²) in [6.45, 7) is 0. The van der Waals surface area contributed by atoms with E-state index in [9.17, 15) is 36.6 Å². The molecule has 0 aliphatic heterocycles. The zero-order valence-electron chi connectivity index (χ0n) is 11.2. The van der Waals surface area contributed by atoms with E-state index in [0.717, 1.165) is 6.07 Å². The van der Waals surface area contributed by atoms with Crippen LogP contribution in [0.1, 0.15) is 0 Å². The van der Waals surface area contributed by atoms with Gasteiger partial charge in [0.25, 0.3) is 5.60 Å². The minimum absolute atomic E-state index is 0.436. The van der Waals surface area contributed by atoms with Gasteiger partial charge in [-0.15, -0.1) is 11.6 Å². The highest BCUT2D eigenvalue weighted by Crippen LogP contribution is 2.37. The van der Waals surface area contributed by atoms with Gasteiger partial charge in [0.15, 0.2) is 17.0 Å². The number of amides is 1. The van der Waals surface area contributed by atoms with Crippen LogP contribution >= 0.6 is 11.6 Å². The standard InChI is InChI=1S/C12H9ClF5NO4/c1-23-10(21)11(22,12(16,17)18)8(13)9(20)19-5-2-3-6(14)7(15)4-5/h2-4,8,22H,1H3,(H,19,20)/t8-,11+/m0/s1. The topological polar surface area (TPSA) is 75.6 Å². The van der Waals surface area contributed by atoms with Gasteiger partial charge in [-0.3, -0.25) is 4.79 Å². The Morgan fingerprint density at radius 2 is 1.83 bits per heavy atom. The van der Waals surface area contributed by atoms with Crippen molar-refractivity contribution < 1.29 is 41.4 Å². The van der Waals surface area contributed by atoms with Crippen LogP contribution in [-0.4, -0.2) is 41.2 Å². The predicted molar refractivity (Wildman–Crippen MR) is 67.6 cm³/mol. The van der Waals surface area contributed by atoms with Crippen molar-refractivity contribution in [2.45, 2.75) is 17.2 Å². The summed E-state index contributed by atoms with van der Waals surface area (Å²) in [6.07, 6.45) is -5.63. The number of hydrogen-bond acceptors (Lipinski definition) is 4. The van der Waals surface area contributed by atoms with E-state index in [-0.39, 0.29) is 0 Å². The maximum atomic E-state index is 13.0. The number of alkyl halides is 4. The molecule has 1 amide bonds. The lowest BCUT2D eigenvalue weighted by atomic mass is 9.98. The van der Waals surface area contributed by atoms with Crippen molar-refractivity contribution in [1.29, 1.82) is 0 Å². The Hall–Kier alpha value is -1.94. The summed E-state index contributed by atoms with van der Waals surface area (Å²) in [6, 6.07) is 1.91. The molecule has 2 N–H and O–H groups in total. The highest BCUT2D eigenvalue weighted by atomic mass is 35.5. The van der Waals surface area contributed by atoms with E-state index in [2.05, 4.69) is 4.74 Å². The molecule has 1 aromatic carbocycles. The second kappa shape index (κ2) is 6.67. The lowest BCUT2D eigenvalue weighted by Crippen LogP contribution is -2.62. The van der Waals surface area contributed by atoms with Crippen molar-refractivity contribution >= 4 is 29.2 Å². The molecule has 128 valence electrons. The lowest BCUT2D eigenvalue weighted by molar-refractivity contribution is -0.260. The molecular formula is C12H9ClF5NO4. The van der Waals surface area contributed by atoms with Gasteiger partial charge < -0.3 is 15.2 Å². The van der Waals surface area contributed by atoms with Crippen molar-refractivity contribution in [3.63, 3.8) is 0 Å². The van der Waals surface area contributed by atoms with E-state index in [4.69, 9.17) is 11.6 Å². The SMILES string of the molecule is COC(=O)[C@](O)([C@@H](Cl)C(=O)Nc1ccc(F)c(F)c1)C(F)(F)F. The molecule has 11 heteroatoms. The minimum atomic E-state index is -5.63. The van der Waals surface area contributed by atoms with E-state index in [0.29, 0.717) is 19.2 Å². The van der Waals surface area contributed by atoms with Gasteiger partial charge in [-0.2, -0.15) is 13.2 Å². The first kappa shape index (κ1) is 19.1. The smallest absolute Gasteiger partial charge is 0.430 e. The number of halogens is 6. The van der Waals surface area contributed by atoms with Crippen molar-refractivity contribution in [3.05, 3.63) is 29.8 Å². The number of ether oxygens (including phenoxy) is 1. The molecule has 0 radical (unpaired) electrons. The van der Waals surface area contributed by atoms with Crippen LogP contribution in [0.4, 0.5) is 27.6 Å². The molecule has 0 heterocycles. The highest BCUT2D eigenvalue weighted by molar-refractivity contribution is 6.35. The number of carbonyl (C=O) groups is 2. The number of anilines is 1. The third kappa shape index (κ3) is 3.70. The third-order valence-electron chi connectivity index (χ3n) is 2.71. The van der Waals surface area contributed by atoms with Gasteiger partial charge in [0.1, 0.15) is 0 Å². The fraction of sp³-hybridized carbons (Fsp3) is 0.333. The van der Waals surface area contributed by atoms with Crippen LogP contribution < -0.4 is 5.32 Å². The Labute approximate surface area is 131 Å². The quantitative estimate of drug-likeness (QED) is 0.488. The molecule has 0 aliphatic rings. The Bertz CT molecular complexity index is 624. The van der Waals surface area contributed by atoms with Crippen LogP contribution in [0.15, 0.2) is 18.2 Å². The summed E-state index contributed by atoms with van der Waals surface area (Å²) >= 11 is 5.27. The van der Waals surface area contributed by atoms with Gasteiger partial charge in [0, 0.05) is 11.8 Å². The van der Waals surface area contributed by atoms with Crippen LogP contribution in [0, 0.1) is 11.6 Å². The van der Waals surface area contributed by atoms with Crippen molar-refractivity contribution in [2.24, 2.45) is 0 Å². The number of benzene rings is 1. The number of aliphatic hydroxyl groups is 1. The third-order valence-corrected chi connectivity index (χ3v) is 3.23. The van der Waals surface area contributed by atoms with Crippen LogP contribution in [-0.2, 0) is 14.3 Å². The van der Waals surface area contributed by atoms with E-state index in [1.807, 2.05) is 0 Å². The molecule has 2 atom stereocenters. The molecule has 0 bridgehead atoms. The molecule has 0 aliphatic carbocycles. The summed E-state index contributed by atoms with van der Waals surface area (Å²) in [5.41, 5.74) is -4.76. The van der Waals surface area contributed by atoms with E-state index >= 15 is 0 Å². The van der Waals surface area contributed by atoms with E-state index < -0.39 is 46.4 Å². The molecule has 0 fully saturated rings. The van der Waals surface area contributed by atoms with Crippen LogP contribution in [0.25, 0.3) is 0 Å². The van der Waals surface area contributed by atoms with Gasteiger partial charge in [-0.25, -0.2) is 13.6 Å². The molecule has 0 saturated carbocycles. The molecule has 5 nitrogen and oxygen atoms in total. The van der Waals surface area contributed by atoms with E-state index in [1.165, 1.54) is 0 Å². The summed E-state index contributed by atoms with van der Waals surface area (Å²) in [5, 5.41) is 8.38. The largest absolute Gasteiger partial charge is 0.467 e. The predicted octanol–water partition coefficient (Wildman–Crippen LogP) is 1.98. The second-order valence-corrected chi connectivity index (χ2v) is 4.67. The first-order valence-corrected chi connectivity index (χ1v) is 6.16.